The molecule has 3 aromatic heterocycles. The molecule has 0 spiro atoms. The highest BCUT2D eigenvalue weighted by molar-refractivity contribution is 5.76. The molecule has 4 rings (SSSR count). The average molecular weight is 381 g/mol. The number of hydrogen-bond acceptors (Lipinski definition) is 4. The zero-order chi connectivity index (χ0) is 20.0. The minimum atomic E-state index is -0.428. The van der Waals surface area contributed by atoms with Crippen LogP contribution in [0, 0.1) is 6.92 Å². The Labute approximate surface area is 160 Å². The van der Waals surface area contributed by atoms with E-state index in [0.29, 0.717) is 23.4 Å². The van der Waals surface area contributed by atoms with E-state index >= 15 is 0 Å². The van der Waals surface area contributed by atoms with E-state index in [4.69, 9.17) is 5.11 Å². The second kappa shape index (κ2) is 6.79. The van der Waals surface area contributed by atoms with Gasteiger partial charge < -0.3 is 5.11 Å². The van der Waals surface area contributed by atoms with Crippen LogP contribution in [0.5, 0.6) is 0 Å². The van der Waals surface area contributed by atoms with Crippen LogP contribution in [0.2, 0.25) is 0 Å². The Hall–Kier alpha value is -3.13. The van der Waals surface area contributed by atoms with Crippen molar-refractivity contribution < 1.29 is 5.11 Å². The van der Waals surface area contributed by atoms with Crippen LogP contribution in [0.3, 0.4) is 0 Å². The van der Waals surface area contributed by atoms with Crippen LogP contribution in [0.1, 0.15) is 24.6 Å². The predicted molar refractivity (Wildman–Crippen MR) is 107 cm³/mol. The molecule has 8 heteroatoms. The predicted octanol–water partition coefficient (Wildman–Crippen LogP) is 1.39. The van der Waals surface area contributed by atoms with E-state index in [9.17, 15) is 9.59 Å². The van der Waals surface area contributed by atoms with Gasteiger partial charge in [-0.25, -0.2) is 4.79 Å². The topological polar surface area (TPSA) is 86.5 Å². The second-order valence-electron chi connectivity index (χ2n) is 6.96. The Bertz CT molecular complexity index is 1290. The minimum absolute atomic E-state index is 0.0846. The molecule has 0 aliphatic rings. The SMILES string of the molecule is CCc1ccc(-n2c(C)cn3c4c(=O)n(CCCO)c(=O)n(C)c4nc23)cc1. The maximum absolute atomic E-state index is 13.0. The first kappa shape index (κ1) is 18.2. The van der Waals surface area contributed by atoms with Crippen molar-refractivity contribution in [1.82, 2.24) is 23.1 Å². The summed E-state index contributed by atoms with van der Waals surface area (Å²) in [6.45, 7) is 4.15. The number of benzene rings is 1. The number of hydrogen-bond donors (Lipinski definition) is 1. The summed E-state index contributed by atoms with van der Waals surface area (Å²) in [6.07, 6.45) is 3.16. The molecule has 1 N–H and O–H groups in total. The maximum Gasteiger partial charge on any atom is 0.332 e. The van der Waals surface area contributed by atoms with Crippen molar-refractivity contribution in [3.63, 3.8) is 0 Å². The third-order valence-electron chi connectivity index (χ3n) is 5.17. The molecule has 0 unspecified atom stereocenters. The number of aromatic nitrogens is 5. The van der Waals surface area contributed by atoms with Crippen molar-refractivity contribution in [2.45, 2.75) is 33.2 Å². The van der Waals surface area contributed by atoms with Gasteiger partial charge in [0.05, 0.1) is 0 Å². The van der Waals surface area contributed by atoms with Crippen LogP contribution in [-0.2, 0) is 20.0 Å². The summed E-state index contributed by atoms with van der Waals surface area (Å²) in [5.41, 5.74) is 3.02. The van der Waals surface area contributed by atoms with Crippen molar-refractivity contribution in [1.29, 1.82) is 0 Å². The monoisotopic (exact) mass is 381 g/mol. The number of aliphatic hydroxyl groups excluding tert-OH is 1. The van der Waals surface area contributed by atoms with E-state index in [1.165, 1.54) is 10.1 Å². The van der Waals surface area contributed by atoms with Gasteiger partial charge in [0, 0.05) is 37.8 Å². The van der Waals surface area contributed by atoms with Gasteiger partial charge in [-0.15, -0.1) is 0 Å². The number of aryl methyl sites for hydroxylation is 3. The number of imidazole rings is 2. The average Bonchev–Trinajstić information content (AvgIpc) is 3.21. The first-order valence-corrected chi connectivity index (χ1v) is 9.38. The third kappa shape index (κ3) is 2.60. The fraction of sp³-hybridized carbons (Fsp3) is 0.350. The molecule has 0 aliphatic carbocycles. The van der Waals surface area contributed by atoms with Crippen LogP contribution >= 0.6 is 0 Å². The van der Waals surface area contributed by atoms with E-state index in [1.807, 2.05) is 29.8 Å². The van der Waals surface area contributed by atoms with Crippen molar-refractivity contribution in [3.8, 4) is 5.69 Å². The minimum Gasteiger partial charge on any atom is -0.396 e. The highest BCUT2D eigenvalue weighted by Crippen LogP contribution is 2.21. The van der Waals surface area contributed by atoms with Crippen molar-refractivity contribution in [2.24, 2.45) is 7.05 Å². The molecule has 146 valence electrons. The van der Waals surface area contributed by atoms with Gasteiger partial charge in [0.15, 0.2) is 11.2 Å². The van der Waals surface area contributed by atoms with Gasteiger partial charge in [0.1, 0.15) is 0 Å². The van der Waals surface area contributed by atoms with Gasteiger partial charge in [-0.2, -0.15) is 4.98 Å². The molecule has 0 saturated carbocycles. The Balaban J connectivity index is 2.03. The summed E-state index contributed by atoms with van der Waals surface area (Å²) in [7, 11) is 1.61. The van der Waals surface area contributed by atoms with Crippen LogP contribution in [0.25, 0.3) is 22.6 Å². The molecule has 0 radical (unpaired) electrons. The molecule has 4 aromatic rings. The maximum atomic E-state index is 13.0. The Morgan fingerprint density at radius 3 is 2.50 bits per heavy atom. The lowest BCUT2D eigenvalue weighted by Crippen LogP contribution is -2.39. The summed E-state index contributed by atoms with van der Waals surface area (Å²) in [5, 5.41) is 9.08. The summed E-state index contributed by atoms with van der Waals surface area (Å²) in [6, 6.07) is 8.21. The summed E-state index contributed by atoms with van der Waals surface area (Å²) < 4.78 is 6.27. The van der Waals surface area contributed by atoms with E-state index < -0.39 is 11.2 Å². The molecule has 0 atom stereocenters. The van der Waals surface area contributed by atoms with Crippen molar-refractivity contribution in [2.75, 3.05) is 6.61 Å². The van der Waals surface area contributed by atoms with E-state index in [-0.39, 0.29) is 13.2 Å². The van der Waals surface area contributed by atoms with Crippen LogP contribution in [-0.4, -0.2) is 34.8 Å². The standard InChI is InChI=1S/C20H23N5O3/c1-4-14-6-8-15(9-7-14)25-13(2)12-24-16-17(21-19(24)25)22(3)20(28)23(18(16)27)10-5-11-26/h6-9,12,26H,4-5,10-11H2,1-3H3. The lowest BCUT2D eigenvalue weighted by molar-refractivity contribution is 0.277. The Morgan fingerprint density at radius 2 is 1.86 bits per heavy atom. The Kier molecular flexibility index (Phi) is 4.43. The fourth-order valence-electron chi connectivity index (χ4n) is 3.64. The van der Waals surface area contributed by atoms with E-state index in [0.717, 1.165) is 22.4 Å². The van der Waals surface area contributed by atoms with Gasteiger partial charge in [-0.05, 0) is 37.5 Å². The number of nitrogens with zero attached hydrogens (tertiary/aromatic N) is 5. The zero-order valence-corrected chi connectivity index (χ0v) is 16.2. The molecular weight excluding hydrogens is 358 g/mol. The zero-order valence-electron chi connectivity index (χ0n) is 16.2. The normalized spacial score (nSPS) is 11.7. The Morgan fingerprint density at radius 1 is 1.14 bits per heavy atom. The number of rotatable bonds is 5. The van der Waals surface area contributed by atoms with Gasteiger partial charge in [-0.3, -0.25) is 22.9 Å². The van der Waals surface area contributed by atoms with E-state index in [1.54, 1.807) is 11.4 Å². The van der Waals surface area contributed by atoms with Crippen LogP contribution in [0.15, 0.2) is 40.1 Å². The molecule has 3 heterocycles. The van der Waals surface area contributed by atoms with Crippen LogP contribution in [0.4, 0.5) is 0 Å². The molecule has 8 nitrogen and oxygen atoms in total. The largest absolute Gasteiger partial charge is 0.396 e. The summed E-state index contributed by atoms with van der Waals surface area (Å²) in [5.74, 6) is 0.587. The van der Waals surface area contributed by atoms with Crippen molar-refractivity contribution in [3.05, 3.63) is 62.6 Å². The number of aliphatic hydroxyl groups is 1. The van der Waals surface area contributed by atoms with Gasteiger partial charge in [0.25, 0.3) is 5.56 Å². The second-order valence-corrected chi connectivity index (χ2v) is 6.96. The molecule has 0 amide bonds. The molecule has 1 aromatic carbocycles. The van der Waals surface area contributed by atoms with Gasteiger partial charge >= 0.3 is 5.69 Å². The first-order valence-electron chi connectivity index (χ1n) is 9.38. The molecule has 0 aliphatic heterocycles. The molecule has 0 fully saturated rings. The van der Waals surface area contributed by atoms with Crippen molar-refractivity contribution >= 4 is 16.9 Å². The molecular formula is C20H23N5O3. The smallest absolute Gasteiger partial charge is 0.332 e. The first-order chi connectivity index (χ1) is 13.5. The van der Waals surface area contributed by atoms with Gasteiger partial charge in [-0.1, -0.05) is 19.1 Å². The third-order valence-corrected chi connectivity index (χ3v) is 5.17. The lowest BCUT2D eigenvalue weighted by Gasteiger charge is -2.07. The highest BCUT2D eigenvalue weighted by Gasteiger charge is 2.20. The molecule has 28 heavy (non-hydrogen) atoms. The highest BCUT2D eigenvalue weighted by atomic mass is 16.3. The quantitative estimate of drug-likeness (QED) is 0.566. The lowest BCUT2D eigenvalue weighted by atomic mass is 10.1. The van der Waals surface area contributed by atoms with E-state index in [2.05, 4.69) is 24.0 Å². The summed E-state index contributed by atoms with van der Waals surface area (Å²) in [4.78, 5) is 30.2. The van der Waals surface area contributed by atoms with Gasteiger partial charge in [0.2, 0.25) is 5.78 Å². The number of fused-ring (bicyclic) bond motifs is 3. The fourth-order valence-corrected chi connectivity index (χ4v) is 3.64. The molecule has 0 saturated heterocycles. The molecule has 0 bridgehead atoms. The van der Waals surface area contributed by atoms with Crippen LogP contribution < -0.4 is 11.2 Å². The summed E-state index contributed by atoms with van der Waals surface area (Å²) >= 11 is 0.